The van der Waals surface area contributed by atoms with Gasteiger partial charge in [-0.3, -0.25) is 0 Å². The third-order valence-electron chi connectivity index (χ3n) is 3.81. The average molecular weight is 401 g/mol. The Morgan fingerprint density at radius 3 is 1.68 bits per heavy atom. The lowest BCUT2D eigenvalue weighted by Crippen LogP contribution is -2.28. The second-order valence-electron chi connectivity index (χ2n) is 5.71. The second-order valence-corrected chi connectivity index (χ2v) is 6.51. The van der Waals surface area contributed by atoms with Crippen molar-refractivity contribution in [2.45, 2.75) is 83.6 Å². The molecule has 0 N–H and O–H groups in total. The predicted molar refractivity (Wildman–Crippen MR) is 98.1 cm³/mol. The van der Waals surface area contributed by atoms with Crippen LogP contribution in [0, 0.1) is 0 Å². The van der Waals surface area contributed by atoms with E-state index in [1.165, 1.54) is 70.6 Å². The Morgan fingerprint density at radius 2 is 1.26 bits per heavy atom. The molecule has 0 bridgehead atoms. The molecule has 1 unspecified atom stereocenters. The lowest BCUT2D eigenvalue weighted by atomic mass is 10.0. The van der Waals surface area contributed by atoms with Gasteiger partial charge in [0, 0.05) is 11.4 Å². The second kappa shape index (κ2) is 17.0. The zero-order valence-electron chi connectivity index (χ0n) is 13.3. The third kappa shape index (κ3) is 15.1. The smallest absolute Gasteiger partial charge is 0.00971 e. The molecule has 0 heterocycles. The summed E-state index contributed by atoms with van der Waals surface area (Å²) in [5, 5.41) is 1.13. The van der Waals surface area contributed by atoms with Gasteiger partial charge in [0.2, 0.25) is 0 Å². The molecule has 0 aromatic rings. The maximum Gasteiger partial charge on any atom is 0.00971 e. The Morgan fingerprint density at radius 1 is 0.789 bits per heavy atom. The van der Waals surface area contributed by atoms with Crippen molar-refractivity contribution in [1.82, 2.24) is 4.90 Å². The molecule has 118 valence electrons. The molecular weight excluding hydrogens is 366 g/mol. The highest BCUT2D eigenvalue weighted by atomic mass is 79.9. The van der Waals surface area contributed by atoms with Crippen molar-refractivity contribution in [3.63, 3.8) is 0 Å². The van der Waals surface area contributed by atoms with Crippen LogP contribution in [-0.2, 0) is 0 Å². The number of rotatable bonds is 13. The largest absolute Gasteiger partial charge is 0.306 e. The molecule has 0 saturated heterocycles. The fraction of sp³-hybridized carbons (Fsp3) is 1.00. The van der Waals surface area contributed by atoms with Gasteiger partial charge < -0.3 is 4.90 Å². The summed E-state index contributed by atoms with van der Waals surface area (Å²) >= 11 is 3.56. The number of hydrogen-bond acceptors (Lipinski definition) is 1. The minimum absolute atomic E-state index is 0. The van der Waals surface area contributed by atoms with E-state index in [0.717, 1.165) is 11.4 Å². The van der Waals surface area contributed by atoms with Gasteiger partial charge in [0.25, 0.3) is 0 Å². The van der Waals surface area contributed by atoms with Gasteiger partial charge in [-0.25, -0.2) is 0 Å². The summed E-state index contributed by atoms with van der Waals surface area (Å²) in [5.74, 6) is 0. The zero-order chi connectivity index (χ0) is 13.6. The van der Waals surface area contributed by atoms with Crippen LogP contribution in [-0.4, -0.2) is 30.4 Å². The van der Waals surface area contributed by atoms with Gasteiger partial charge in [0.15, 0.2) is 0 Å². The van der Waals surface area contributed by atoms with E-state index in [9.17, 15) is 0 Å². The normalized spacial score (nSPS) is 12.5. The minimum Gasteiger partial charge on any atom is -0.306 e. The van der Waals surface area contributed by atoms with Gasteiger partial charge in [-0.15, -0.1) is 17.0 Å². The van der Waals surface area contributed by atoms with Crippen molar-refractivity contribution in [3.05, 3.63) is 0 Å². The van der Waals surface area contributed by atoms with E-state index >= 15 is 0 Å². The number of alkyl halides is 1. The Kier molecular flexibility index (Phi) is 19.8. The van der Waals surface area contributed by atoms with Crippen molar-refractivity contribution in [2.24, 2.45) is 0 Å². The van der Waals surface area contributed by atoms with Crippen LogP contribution in [0.3, 0.4) is 0 Å². The van der Waals surface area contributed by atoms with Gasteiger partial charge in [-0.05, 0) is 26.9 Å². The molecule has 1 atom stereocenters. The molecule has 1 nitrogen and oxygen atoms in total. The first-order valence-corrected chi connectivity index (χ1v) is 9.06. The first-order chi connectivity index (χ1) is 8.72. The van der Waals surface area contributed by atoms with E-state index in [-0.39, 0.29) is 17.0 Å². The third-order valence-corrected chi connectivity index (χ3v) is 4.27. The van der Waals surface area contributed by atoms with E-state index in [4.69, 9.17) is 0 Å². The molecule has 0 aliphatic carbocycles. The summed E-state index contributed by atoms with van der Waals surface area (Å²) < 4.78 is 0. The quantitative estimate of drug-likeness (QED) is 0.262. The number of unbranched alkanes of at least 4 members (excludes halogenated alkanes) is 8. The number of halogens is 2. The molecule has 0 fully saturated rings. The fourth-order valence-electron chi connectivity index (χ4n) is 2.48. The maximum atomic E-state index is 3.56. The van der Waals surface area contributed by atoms with Crippen LogP contribution in [0.5, 0.6) is 0 Å². The van der Waals surface area contributed by atoms with Crippen molar-refractivity contribution >= 4 is 32.9 Å². The van der Waals surface area contributed by atoms with Gasteiger partial charge in [-0.1, -0.05) is 80.6 Å². The lowest BCUT2D eigenvalue weighted by Gasteiger charge is -2.23. The number of nitrogens with zero attached hydrogens (tertiary/aromatic N) is 1. The molecule has 19 heavy (non-hydrogen) atoms. The summed E-state index contributed by atoms with van der Waals surface area (Å²) in [6, 6.07) is 0.772. The SMILES string of the molecule is Br.CCCCCCCCCCCC(CCBr)N(C)C. The van der Waals surface area contributed by atoms with Crippen LogP contribution < -0.4 is 0 Å². The fourth-order valence-corrected chi connectivity index (χ4v) is 3.01. The van der Waals surface area contributed by atoms with Crippen LogP contribution in [0.4, 0.5) is 0 Å². The summed E-state index contributed by atoms with van der Waals surface area (Å²) in [5.41, 5.74) is 0. The van der Waals surface area contributed by atoms with E-state index < -0.39 is 0 Å². The van der Waals surface area contributed by atoms with Gasteiger partial charge >= 0.3 is 0 Å². The van der Waals surface area contributed by atoms with Crippen LogP contribution in [0.2, 0.25) is 0 Å². The molecule has 0 amide bonds. The standard InChI is InChI=1S/C16H34BrN.BrH/c1-4-5-6-7-8-9-10-11-12-13-16(14-15-17)18(2)3;/h16H,4-15H2,1-3H3;1H. The van der Waals surface area contributed by atoms with Crippen LogP contribution in [0.1, 0.15) is 77.6 Å². The maximum absolute atomic E-state index is 3.56. The lowest BCUT2D eigenvalue weighted by molar-refractivity contribution is 0.266. The summed E-state index contributed by atoms with van der Waals surface area (Å²) in [6.45, 7) is 2.29. The molecule has 3 heteroatoms. The summed E-state index contributed by atoms with van der Waals surface area (Å²) in [6.07, 6.45) is 15.5. The number of hydrogen-bond donors (Lipinski definition) is 0. The Hall–Kier alpha value is 0.920. The van der Waals surface area contributed by atoms with Crippen molar-refractivity contribution in [1.29, 1.82) is 0 Å². The summed E-state index contributed by atoms with van der Waals surface area (Å²) in [7, 11) is 4.42. The Labute approximate surface area is 140 Å². The molecule has 0 aliphatic heterocycles. The highest BCUT2D eigenvalue weighted by molar-refractivity contribution is 9.09. The zero-order valence-corrected chi connectivity index (χ0v) is 16.6. The molecule has 0 rings (SSSR count). The highest BCUT2D eigenvalue weighted by Crippen LogP contribution is 2.14. The van der Waals surface area contributed by atoms with Gasteiger partial charge in [0.1, 0.15) is 0 Å². The minimum atomic E-state index is 0. The molecule has 0 saturated carbocycles. The van der Waals surface area contributed by atoms with E-state index in [0.29, 0.717) is 0 Å². The Bertz CT molecular complexity index is 163. The van der Waals surface area contributed by atoms with Crippen LogP contribution in [0.15, 0.2) is 0 Å². The molecular formula is C16H35Br2N. The first-order valence-electron chi connectivity index (χ1n) is 7.94. The van der Waals surface area contributed by atoms with Gasteiger partial charge in [0.05, 0.1) is 0 Å². The van der Waals surface area contributed by atoms with Crippen molar-refractivity contribution in [2.75, 3.05) is 19.4 Å². The summed E-state index contributed by atoms with van der Waals surface area (Å²) in [4.78, 5) is 2.38. The Balaban J connectivity index is 0. The van der Waals surface area contributed by atoms with Gasteiger partial charge in [-0.2, -0.15) is 0 Å². The monoisotopic (exact) mass is 399 g/mol. The van der Waals surface area contributed by atoms with E-state index in [1.807, 2.05) is 0 Å². The van der Waals surface area contributed by atoms with E-state index in [2.05, 4.69) is 41.8 Å². The molecule has 0 spiro atoms. The van der Waals surface area contributed by atoms with E-state index in [1.54, 1.807) is 0 Å². The van der Waals surface area contributed by atoms with Crippen molar-refractivity contribution < 1.29 is 0 Å². The highest BCUT2D eigenvalue weighted by Gasteiger charge is 2.09. The predicted octanol–water partition coefficient (Wildman–Crippen LogP) is 6.20. The topological polar surface area (TPSA) is 3.24 Å². The van der Waals surface area contributed by atoms with Crippen LogP contribution >= 0.6 is 32.9 Å². The van der Waals surface area contributed by atoms with Crippen LogP contribution in [0.25, 0.3) is 0 Å². The average Bonchev–Trinajstić information content (AvgIpc) is 2.35. The molecule has 0 radical (unpaired) electrons. The van der Waals surface area contributed by atoms with Crippen molar-refractivity contribution in [3.8, 4) is 0 Å². The first kappa shape index (κ1) is 22.2. The molecule has 0 aromatic heterocycles. The molecule has 0 aliphatic rings. The molecule has 0 aromatic carbocycles.